The molecule has 0 radical (unpaired) electrons. The molecular weight excluding hydrogens is 457 g/mol. The molecule has 35 heavy (non-hydrogen) atoms. The number of nitrogens with zero attached hydrogens (tertiary/aromatic N) is 3. The van der Waals surface area contributed by atoms with Crippen molar-refractivity contribution >= 4 is 22.4 Å². The summed E-state index contributed by atoms with van der Waals surface area (Å²) in [7, 11) is 0. The average molecular weight is 487 g/mol. The molecule has 0 amide bonds. The summed E-state index contributed by atoms with van der Waals surface area (Å²) in [5.41, 5.74) is 3.58. The maximum absolute atomic E-state index is 15.1. The Morgan fingerprint density at radius 2 is 2.00 bits per heavy atom. The lowest BCUT2D eigenvalue weighted by molar-refractivity contribution is -0.0583. The van der Waals surface area contributed by atoms with Crippen molar-refractivity contribution in [2.45, 2.75) is 57.6 Å². The highest BCUT2D eigenvalue weighted by molar-refractivity contribution is 5.96. The second-order valence-electron chi connectivity index (χ2n) is 9.55. The molecule has 2 aliphatic rings. The number of fused-ring (bicyclic) bond motifs is 3. The Morgan fingerprint density at radius 1 is 1.23 bits per heavy atom. The number of aliphatic hydroxyl groups excluding tert-OH is 2. The van der Waals surface area contributed by atoms with Crippen LogP contribution in [0.5, 0.6) is 0 Å². The van der Waals surface area contributed by atoms with Crippen molar-refractivity contribution in [1.82, 2.24) is 9.97 Å². The highest BCUT2D eigenvalue weighted by Crippen LogP contribution is 2.41. The van der Waals surface area contributed by atoms with E-state index in [9.17, 15) is 13.9 Å². The van der Waals surface area contributed by atoms with E-state index in [2.05, 4.69) is 15.2 Å². The van der Waals surface area contributed by atoms with Crippen molar-refractivity contribution in [3.63, 3.8) is 0 Å². The minimum absolute atomic E-state index is 0.0593. The first-order valence-electron chi connectivity index (χ1n) is 12.0. The van der Waals surface area contributed by atoms with Gasteiger partial charge in [-0.25, -0.2) is 14.4 Å². The molecule has 1 fully saturated rings. The topological polar surface area (TPSA) is 81.5 Å². The molecule has 1 unspecified atom stereocenters. The second kappa shape index (κ2) is 8.95. The number of β-amino-alcohol motifs (C(OH)–C–C–N with tert-alkyl or cyclic N) is 1. The van der Waals surface area contributed by atoms with Crippen LogP contribution in [-0.2, 0) is 18.8 Å². The molecule has 3 N–H and O–H groups in total. The van der Waals surface area contributed by atoms with Gasteiger partial charge in [-0.15, -0.1) is 0 Å². The Kier molecular flexibility index (Phi) is 6.09. The van der Waals surface area contributed by atoms with Crippen LogP contribution >= 0.6 is 0 Å². The number of alkyl halides is 2. The van der Waals surface area contributed by atoms with Crippen molar-refractivity contribution in [3.8, 4) is 0 Å². The zero-order valence-corrected chi connectivity index (χ0v) is 19.8. The van der Waals surface area contributed by atoms with Gasteiger partial charge in [0.25, 0.3) is 5.92 Å². The number of hydrogen-bond acceptors (Lipinski definition) is 6. The number of aromatic nitrogens is 2. The van der Waals surface area contributed by atoms with Gasteiger partial charge in [-0.05, 0) is 62.8 Å². The summed E-state index contributed by atoms with van der Waals surface area (Å²) in [4.78, 5) is 11.5. The predicted molar refractivity (Wildman–Crippen MR) is 129 cm³/mol. The third-order valence-corrected chi connectivity index (χ3v) is 7.10. The van der Waals surface area contributed by atoms with Crippen molar-refractivity contribution in [1.29, 1.82) is 0 Å². The number of nitrogens with one attached hydrogen (secondary N) is 1. The van der Waals surface area contributed by atoms with Crippen molar-refractivity contribution < 1.29 is 23.4 Å². The first kappa shape index (κ1) is 23.8. The number of benzene rings is 2. The van der Waals surface area contributed by atoms with Crippen LogP contribution in [0.4, 0.5) is 24.7 Å². The summed E-state index contributed by atoms with van der Waals surface area (Å²) < 4.78 is 43.2. The molecule has 6 nitrogen and oxygen atoms in total. The van der Waals surface area contributed by atoms with Gasteiger partial charge in [0.2, 0.25) is 0 Å². The molecule has 1 aromatic heterocycles. The molecule has 186 valence electrons. The third kappa shape index (κ3) is 4.21. The van der Waals surface area contributed by atoms with Crippen molar-refractivity contribution in [3.05, 3.63) is 58.2 Å². The number of anilines is 2. The van der Waals surface area contributed by atoms with Crippen LogP contribution in [0.1, 0.15) is 53.9 Å². The Morgan fingerprint density at radius 3 is 2.71 bits per heavy atom. The van der Waals surface area contributed by atoms with Gasteiger partial charge in [-0.3, -0.25) is 0 Å². The largest absolute Gasteiger partial charge is 0.391 e. The number of aliphatic hydroxyl groups is 2. The summed E-state index contributed by atoms with van der Waals surface area (Å²) >= 11 is 0. The molecule has 3 aromatic rings. The van der Waals surface area contributed by atoms with Crippen LogP contribution < -0.4 is 10.2 Å². The molecule has 9 heteroatoms. The molecule has 2 aromatic carbocycles. The van der Waals surface area contributed by atoms with E-state index in [1.54, 1.807) is 13.8 Å². The SMILES string of the molecule is Cc1nc(NC(C)c2cccc(C(F)(F)CO)c2F)c2cc(N3CC[C@H](O)C3)c3c(c2n1)CCC3. The minimum atomic E-state index is -3.67. The molecule has 1 saturated heterocycles. The van der Waals surface area contributed by atoms with Gasteiger partial charge in [0.05, 0.1) is 23.2 Å². The van der Waals surface area contributed by atoms with Gasteiger partial charge in [0, 0.05) is 29.7 Å². The Bertz CT molecular complexity index is 1280. The fraction of sp³-hybridized carbons (Fsp3) is 0.462. The van der Waals surface area contributed by atoms with Crippen LogP contribution in [0.2, 0.25) is 0 Å². The fourth-order valence-corrected chi connectivity index (χ4v) is 5.35. The van der Waals surface area contributed by atoms with E-state index in [-0.39, 0.29) is 11.7 Å². The lowest BCUT2D eigenvalue weighted by atomic mass is 9.99. The highest BCUT2D eigenvalue weighted by Gasteiger charge is 2.35. The van der Waals surface area contributed by atoms with Crippen molar-refractivity contribution in [2.75, 3.05) is 29.9 Å². The molecule has 0 saturated carbocycles. The zero-order chi connectivity index (χ0) is 24.9. The van der Waals surface area contributed by atoms with Gasteiger partial charge in [0.1, 0.15) is 24.1 Å². The standard InChI is InChI=1S/C26H29F3N4O2/c1-14(17-5-4-8-21(23(17)27)26(28,29)13-34)30-25-20-11-22(33-10-9-16(35)12-33)18-6-3-7-19(18)24(20)31-15(2)32-25/h4-5,8,11,14,16,34-35H,3,6-7,9-10,12-13H2,1-2H3,(H,30,31,32)/t14?,16-/m0/s1. The van der Waals surface area contributed by atoms with Gasteiger partial charge < -0.3 is 20.4 Å². The third-order valence-electron chi connectivity index (χ3n) is 7.10. The van der Waals surface area contributed by atoms with E-state index < -0.39 is 30.0 Å². The van der Waals surface area contributed by atoms with E-state index in [4.69, 9.17) is 10.1 Å². The van der Waals surface area contributed by atoms with Crippen LogP contribution in [-0.4, -0.2) is 46.0 Å². The van der Waals surface area contributed by atoms with E-state index in [0.29, 0.717) is 24.6 Å². The molecule has 1 aliphatic heterocycles. The summed E-state index contributed by atoms with van der Waals surface area (Å²) in [6, 6.07) is 5.18. The predicted octanol–water partition coefficient (Wildman–Crippen LogP) is 4.39. The maximum atomic E-state index is 15.1. The van der Waals surface area contributed by atoms with Gasteiger partial charge in [-0.2, -0.15) is 8.78 Å². The van der Waals surface area contributed by atoms with E-state index >= 15 is 4.39 Å². The molecule has 2 heterocycles. The molecule has 2 atom stereocenters. The monoisotopic (exact) mass is 486 g/mol. The second-order valence-corrected chi connectivity index (χ2v) is 9.55. The van der Waals surface area contributed by atoms with Gasteiger partial charge in [-0.1, -0.05) is 12.1 Å². The number of halogens is 3. The van der Waals surface area contributed by atoms with E-state index in [1.165, 1.54) is 23.3 Å². The molecule has 0 bridgehead atoms. The Hall–Kier alpha value is -2.91. The fourth-order valence-electron chi connectivity index (χ4n) is 5.35. The number of aryl methyl sites for hydroxylation is 2. The minimum Gasteiger partial charge on any atom is -0.391 e. The summed E-state index contributed by atoms with van der Waals surface area (Å²) in [6.45, 7) is 3.35. The summed E-state index contributed by atoms with van der Waals surface area (Å²) in [6.07, 6.45) is 3.23. The number of rotatable bonds is 6. The Balaban J connectivity index is 1.58. The van der Waals surface area contributed by atoms with Gasteiger partial charge >= 0.3 is 0 Å². The van der Waals surface area contributed by atoms with Gasteiger partial charge in [0.15, 0.2) is 0 Å². The van der Waals surface area contributed by atoms with E-state index in [0.717, 1.165) is 48.5 Å². The molecule has 0 spiro atoms. The van der Waals surface area contributed by atoms with Crippen LogP contribution in [0.25, 0.3) is 10.9 Å². The van der Waals surface area contributed by atoms with Crippen LogP contribution in [0.3, 0.4) is 0 Å². The Labute approximate surface area is 201 Å². The maximum Gasteiger partial charge on any atom is 0.298 e. The van der Waals surface area contributed by atoms with Crippen LogP contribution in [0, 0.1) is 12.7 Å². The molecular formula is C26H29F3N4O2. The lowest BCUT2D eigenvalue weighted by Gasteiger charge is -2.24. The summed E-state index contributed by atoms with van der Waals surface area (Å²) in [5.74, 6) is -3.65. The zero-order valence-electron chi connectivity index (χ0n) is 19.8. The van der Waals surface area contributed by atoms with Crippen molar-refractivity contribution in [2.24, 2.45) is 0 Å². The first-order valence-corrected chi connectivity index (χ1v) is 12.0. The van der Waals surface area contributed by atoms with E-state index in [1.807, 2.05) is 6.07 Å². The summed E-state index contributed by atoms with van der Waals surface area (Å²) in [5, 5.41) is 23.1. The quantitative estimate of drug-likeness (QED) is 0.480. The smallest absolute Gasteiger partial charge is 0.298 e. The highest BCUT2D eigenvalue weighted by atomic mass is 19.3. The van der Waals surface area contributed by atoms with Crippen LogP contribution in [0.15, 0.2) is 24.3 Å². The molecule has 5 rings (SSSR count). The average Bonchev–Trinajstić information content (AvgIpc) is 3.48. The number of hydrogen-bond donors (Lipinski definition) is 3. The first-order chi connectivity index (χ1) is 16.7. The molecule has 1 aliphatic carbocycles. The normalized spacial score (nSPS) is 18.8. The lowest BCUT2D eigenvalue weighted by Crippen LogP contribution is -2.23.